The Labute approximate surface area is 123 Å². The quantitative estimate of drug-likeness (QED) is 0.868. The van der Waals surface area contributed by atoms with Crippen molar-refractivity contribution >= 4 is 0 Å². The third-order valence-corrected chi connectivity index (χ3v) is 4.86. The first-order valence-corrected chi connectivity index (χ1v) is 8.05. The van der Waals surface area contributed by atoms with Gasteiger partial charge in [-0.15, -0.1) is 0 Å². The molecule has 2 atom stereocenters. The van der Waals surface area contributed by atoms with Crippen molar-refractivity contribution < 1.29 is 0 Å². The van der Waals surface area contributed by atoms with Gasteiger partial charge in [0.1, 0.15) is 0 Å². The van der Waals surface area contributed by atoms with E-state index in [2.05, 4.69) is 35.9 Å². The monoisotopic (exact) mass is 275 g/mol. The van der Waals surface area contributed by atoms with Crippen LogP contribution in [0.15, 0.2) is 24.4 Å². The van der Waals surface area contributed by atoms with Gasteiger partial charge in [0.05, 0.1) is 0 Å². The van der Waals surface area contributed by atoms with Gasteiger partial charge in [0.2, 0.25) is 0 Å². The van der Waals surface area contributed by atoms with Gasteiger partial charge in [-0.1, -0.05) is 32.8 Å². The van der Waals surface area contributed by atoms with Crippen LogP contribution in [0.2, 0.25) is 0 Å². The first-order valence-electron chi connectivity index (χ1n) is 8.05. The average molecular weight is 275 g/mol. The van der Waals surface area contributed by atoms with Crippen LogP contribution in [0.3, 0.4) is 0 Å². The zero-order chi connectivity index (χ0) is 14.4. The maximum Gasteiger partial charge on any atom is 0.0416 e. The van der Waals surface area contributed by atoms with Gasteiger partial charge in [-0.05, 0) is 37.4 Å². The molecule has 112 valence electrons. The molecular weight excluding hydrogens is 246 g/mol. The van der Waals surface area contributed by atoms with E-state index in [0.717, 1.165) is 32.0 Å². The number of pyridine rings is 1. The van der Waals surface area contributed by atoms with E-state index in [1.165, 1.54) is 31.4 Å². The zero-order valence-corrected chi connectivity index (χ0v) is 13.0. The summed E-state index contributed by atoms with van der Waals surface area (Å²) >= 11 is 0. The van der Waals surface area contributed by atoms with E-state index in [4.69, 9.17) is 5.73 Å². The predicted molar refractivity (Wildman–Crippen MR) is 84.6 cm³/mol. The minimum atomic E-state index is 0.223. The van der Waals surface area contributed by atoms with Gasteiger partial charge in [0, 0.05) is 36.9 Å². The van der Waals surface area contributed by atoms with Gasteiger partial charge in [-0.2, -0.15) is 0 Å². The molecule has 0 bridgehead atoms. The Kier molecular flexibility index (Phi) is 5.55. The van der Waals surface area contributed by atoms with Crippen molar-refractivity contribution in [1.29, 1.82) is 0 Å². The second-order valence-corrected chi connectivity index (χ2v) is 6.28. The number of aromatic nitrogens is 1. The van der Waals surface area contributed by atoms with Crippen molar-refractivity contribution in [2.24, 2.45) is 11.7 Å². The van der Waals surface area contributed by atoms with Crippen LogP contribution in [-0.4, -0.2) is 35.1 Å². The van der Waals surface area contributed by atoms with Gasteiger partial charge in [-0.3, -0.25) is 9.88 Å². The molecule has 3 heteroatoms. The van der Waals surface area contributed by atoms with Crippen LogP contribution in [-0.2, 0) is 6.42 Å². The number of nitrogens with two attached hydrogens (primary N) is 1. The molecule has 0 saturated heterocycles. The third-order valence-electron chi connectivity index (χ3n) is 4.86. The molecule has 1 saturated carbocycles. The predicted octanol–water partition coefficient (Wildman–Crippen LogP) is 2.85. The highest BCUT2D eigenvalue weighted by atomic mass is 15.2. The molecule has 1 fully saturated rings. The summed E-state index contributed by atoms with van der Waals surface area (Å²) < 4.78 is 0. The molecule has 0 aliphatic heterocycles. The van der Waals surface area contributed by atoms with Crippen molar-refractivity contribution in [2.45, 2.75) is 51.5 Å². The summed E-state index contributed by atoms with van der Waals surface area (Å²) in [6.07, 6.45) is 8.08. The van der Waals surface area contributed by atoms with Crippen molar-refractivity contribution in [1.82, 2.24) is 9.88 Å². The van der Waals surface area contributed by atoms with Gasteiger partial charge in [0.15, 0.2) is 0 Å². The lowest BCUT2D eigenvalue weighted by molar-refractivity contribution is 0.0440. The molecule has 1 aromatic rings. The summed E-state index contributed by atoms with van der Waals surface area (Å²) in [5, 5.41) is 0. The van der Waals surface area contributed by atoms with E-state index in [1.54, 1.807) is 0 Å². The SMILES string of the molecule is CCN(CCc1ccccn1)C1(CN)CCCC(C)C1. The summed E-state index contributed by atoms with van der Waals surface area (Å²) in [7, 11) is 0. The molecule has 1 aliphatic carbocycles. The molecule has 0 spiro atoms. The van der Waals surface area contributed by atoms with Crippen LogP contribution in [0, 0.1) is 5.92 Å². The molecule has 1 heterocycles. The summed E-state index contributed by atoms with van der Waals surface area (Å²) in [5.41, 5.74) is 7.59. The van der Waals surface area contributed by atoms with Crippen LogP contribution in [0.4, 0.5) is 0 Å². The average Bonchev–Trinajstić information content (AvgIpc) is 2.49. The minimum absolute atomic E-state index is 0.223. The number of nitrogens with zero attached hydrogens (tertiary/aromatic N) is 2. The second-order valence-electron chi connectivity index (χ2n) is 6.28. The van der Waals surface area contributed by atoms with E-state index in [9.17, 15) is 0 Å². The van der Waals surface area contributed by atoms with Crippen molar-refractivity contribution in [3.63, 3.8) is 0 Å². The molecule has 0 amide bonds. The van der Waals surface area contributed by atoms with Crippen LogP contribution in [0.5, 0.6) is 0 Å². The molecule has 2 rings (SSSR count). The first-order chi connectivity index (χ1) is 9.70. The molecule has 2 N–H and O–H groups in total. The van der Waals surface area contributed by atoms with E-state index in [1.807, 2.05) is 12.3 Å². The van der Waals surface area contributed by atoms with E-state index < -0.39 is 0 Å². The van der Waals surface area contributed by atoms with Crippen LogP contribution < -0.4 is 5.73 Å². The van der Waals surface area contributed by atoms with Crippen molar-refractivity contribution in [3.05, 3.63) is 30.1 Å². The molecular formula is C17H29N3. The Hall–Kier alpha value is -0.930. The molecule has 2 unspecified atom stereocenters. The topological polar surface area (TPSA) is 42.2 Å². The fraction of sp³-hybridized carbons (Fsp3) is 0.706. The fourth-order valence-corrected chi connectivity index (χ4v) is 3.76. The molecule has 0 radical (unpaired) electrons. The standard InChI is InChI=1S/C17H29N3/c1-3-20(12-9-16-8-4-5-11-19-16)17(14-18)10-6-7-15(2)13-17/h4-5,8,11,15H,3,6-7,9-10,12-14,18H2,1-2H3. The van der Waals surface area contributed by atoms with Gasteiger partial charge in [-0.25, -0.2) is 0 Å². The lowest BCUT2D eigenvalue weighted by atomic mass is 9.75. The number of hydrogen-bond donors (Lipinski definition) is 1. The maximum atomic E-state index is 6.19. The Balaban J connectivity index is 2.02. The number of likely N-dealkylation sites (N-methyl/N-ethyl adjacent to an activating group) is 1. The second kappa shape index (κ2) is 7.19. The molecule has 20 heavy (non-hydrogen) atoms. The summed E-state index contributed by atoms with van der Waals surface area (Å²) in [5.74, 6) is 0.802. The highest BCUT2D eigenvalue weighted by Gasteiger charge is 2.38. The van der Waals surface area contributed by atoms with Crippen LogP contribution in [0.25, 0.3) is 0 Å². The summed E-state index contributed by atoms with van der Waals surface area (Å²) in [6.45, 7) is 7.56. The number of hydrogen-bond acceptors (Lipinski definition) is 3. The normalized spacial score (nSPS) is 26.9. The Morgan fingerprint density at radius 3 is 2.90 bits per heavy atom. The van der Waals surface area contributed by atoms with E-state index in [0.29, 0.717) is 0 Å². The van der Waals surface area contributed by atoms with Gasteiger partial charge < -0.3 is 5.73 Å². The largest absolute Gasteiger partial charge is 0.329 e. The van der Waals surface area contributed by atoms with Crippen LogP contribution >= 0.6 is 0 Å². The fourth-order valence-electron chi connectivity index (χ4n) is 3.76. The van der Waals surface area contributed by atoms with Crippen molar-refractivity contribution in [2.75, 3.05) is 19.6 Å². The highest BCUT2D eigenvalue weighted by Crippen LogP contribution is 2.36. The first kappa shape index (κ1) is 15.5. The Morgan fingerprint density at radius 1 is 1.45 bits per heavy atom. The Morgan fingerprint density at radius 2 is 2.30 bits per heavy atom. The van der Waals surface area contributed by atoms with E-state index >= 15 is 0 Å². The zero-order valence-electron chi connectivity index (χ0n) is 13.0. The number of rotatable bonds is 6. The van der Waals surface area contributed by atoms with Gasteiger partial charge in [0.25, 0.3) is 0 Å². The molecule has 1 aliphatic rings. The van der Waals surface area contributed by atoms with Crippen LogP contribution in [0.1, 0.15) is 45.2 Å². The smallest absolute Gasteiger partial charge is 0.0416 e. The van der Waals surface area contributed by atoms with Crippen molar-refractivity contribution in [3.8, 4) is 0 Å². The molecule has 3 nitrogen and oxygen atoms in total. The maximum absolute atomic E-state index is 6.19. The molecule has 1 aromatic heterocycles. The highest BCUT2D eigenvalue weighted by molar-refractivity contribution is 5.05. The van der Waals surface area contributed by atoms with Gasteiger partial charge >= 0.3 is 0 Å². The minimum Gasteiger partial charge on any atom is -0.329 e. The lowest BCUT2D eigenvalue weighted by Gasteiger charge is -2.47. The summed E-state index contributed by atoms with van der Waals surface area (Å²) in [6, 6.07) is 6.16. The molecule has 0 aromatic carbocycles. The lowest BCUT2D eigenvalue weighted by Crippen LogP contribution is -2.56. The summed E-state index contributed by atoms with van der Waals surface area (Å²) in [4.78, 5) is 7.04. The van der Waals surface area contributed by atoms with E-state index in [-0.39, 0.29) is 5.54 Å². The third kappa shape index (κ3) is 3.58. The Bertz CT molecular complexity index is 392.